The lowest BCUT2D eigenvalue weighted by atomic mass is 9.94. The van der Waals surface area contributed by atoms with Gasteiger partial charge in [-0.05, 0) is 60.3 Å². The number of methoxy groups -OCH3 is 1. The molecule has 5 heterocycles. The van der Waals surface area contributed by atoms with Crippen LogP contribution in [0.25, 0.3) is 32.9 Å². The number of fused-ring (bicyclic) bond motifs is 3. The number of ketones is 1. The second-order valence-electron chi connectivity index (χ2n) is 12.4. The van der Waals surface area contributed by atoms with Crippen molar-refractivity contribution in [3.8, 4) is 23.0 Å². The topological polar surface area (TPSA) is 99.1 Å². The Balaban J connectivity index is 1.39. The Labute approximate surface area is 269 Å². The maximum Gasteiger partial charge on any atom is 0.319 e. The summed E-state index contributed by atoms with van der Waals surface area (Å²) >= 11 is 0. The fourth-order valence-corrected chi connectivity index (χ4v) is 7.27. The summed E-state index contributed by atoms with van der Waals surface area (Å²) in [7, 11) is 1.49. The van der Waals surface area contributed by atoms with E-state index in [0.29, 0.717) is 53.6 Å². The Bertz CT molecular complexity index is 1840. The molecule has 0 aliphatic carbocycles. The number of carbonyl (C=O) groups is 1. The number of carbonyl (C=O) groups excluding carboxylic acids is 1. The van der Waals surface area contributed by atoms with E-state index in [1.54, 1.807) is 23.1 Å². The van der Waals surface area contributed by atoms with Crippen molar-refractivity contribution in [3.05, 3.63) is 47.7 Å². The summed E-state index contributed by atoms with van der Waals surface area (Å²) in [5.74, 6) is -0.669. The molecule has 47 heavy (non-hydrogen) atoms. The molecule has 0 saturated carbocycles. The van der Waals surface area contributed by atoms with Gasteiger partial charge >= 0.3 is 6.01 Å². The van der Waals surface area contributed by atoms with Gasteiger partial charge < -0.3 is 23.8 Å². The molecule has 0 spiro atoms. The van der Waals surface area contributed by atoms with Crippen molar-refractivity contribution in [2.45, 2.75) is 44.3 Å². The molecule has 10 nitrogen and oxygen atoms in total. The van der Waals surface area contributed by atoms with E-state index in [2.05, 4.69) is 19.9 Å². The van der Waals surface area contributed by atoms with Crippen molar-refractivity contribution in [2.24, 2.45) is 0 Å². The minimum absolute atomic E-state index is 0.00116. The maximum absolute atomic E-state index is 17.0. The van der Waals surface area contributed by atoms with Crippen LogP contribution in [0.3, 0.4) is 0 Å². The van der Waals surface area contributed by atoms with Gasteiger partial charge in [0.25, 0.3) is 0 Å². The van der Waals surface area contributed by atoms with Crippen LogP contribution in [0.5, 0.6) is 11.8 Å². The van der Waals surface area contributed by atoms with Gasteiger partial charge in [0.2, 0.25) is 0 Å². The van der Waals surface area contributed by atoms with E-state index in [1.165, 1.54) is 19.4 Å². The molecular formula is C34H36F3N5O5. The average Bonchev–Trinajstić information content (AvgIpc) is 3.50. The van der Waals surface area contributed by atoms with Crippen LogP contribution in [0, 0.1) is 11.6 Å². The van der Waals surface area contributed by atoms with Gasteiger partial charge in [-0.15, -0.1) is 0 Å². The first kappa shape index (κ1) is 31.5. The van der Waals surface area contributed by atoms with E-state index in [0.717, 1.165) is 19.4 Å². The summed E-state index contributed by atoms with van der Waals surface area (Å²) in [5.41, 5.74) is 0.123. The third-order valence-corrected chi connectivity index (χ3v) is 9.40. The van der Waals surface area contributed by atoms with Crippen LogP contribution in [-0.4, -0.2) is 97.2 Å². The minimum Gasteiger partial charge on any atom is -0.468 e. The van der Waals surface area contributed by atoms with Gasteiger partial charge in [-0.2, -0.15) is 9.97 Å². The molecule has 3 fully saturated rings. The van der Waals surface area contributed by atoms with Crippen molar-refractivity contribution in [3.63, 3.8) is 0 Å². The summed E-state index contributed by atoms with van der Waals surface area (Å²) in [6.07, 6.45) is 2.93. The van der Waals surface area contributed by atoms with Crippen molar-refractivity contribution in [1.29, 1.82) is 0 Å². The van der Waals surface area contributed by atoms with Crippen molar-refractivity contribution in [1.82, 2.24) is 19.9 Å². The number of aryl methyl sites for hydroxylation is 1. The zero-order valence-corrected chi connectivity index (χ0v) is 26.4. The van der Waals surface area contributed by atoms with Crippen LogP contribution in [0.15, 0.2) is 30.5 Å². The molecule has 0 bridgehead atoms. The number of halogens is 3. The van der Waals surface area contributed by atoms with Gasteiger partial charge in [0, 0.05) is 38.4 Å². The molecule has 3 aliphatic heterocycles. The number of rotatable bonds is 9. The van der Waals surface area contributed by atoms with Crippen LogP contribution >= 0.6 is 0 Å². The highest BCUT2D eigenvalue weighted by atomic mass is 19.1. The predicted molar refractivity (Wildman–Crippen MR) is 169 cm³/mol. The first-order valence-electron chi connectivity index (χ1n) is 15.9. The molecule has 0 amide bonds. The van der Waals surface area contributed by atoms with Crippen molar-refractivity contribution < 1.29 is 36.9 Å². The quantitative estimate of drug-likeness (QED) is 0.229. The highest BCUT2D eigenvalue weighted by Crippen LogP contribution is 2.42. The molecule has 2 aromatic carbocycles. The van der Waals surface area contributed by atoms with Crippen LogP contribution in [0.2, 0.25) is 0 Å². The number of anilines is 1. The second kappa shape index (κ2) is 12.9. The second-order valence-corrected chi connectivity index (χ2v) is 12.4. The summed E-state index contributed by atoms with van der Waals surface area (Å²) in [5, 5.41) is 1.43. The van der Waals surface area contributed by atoms with Gasteiger partial charge in [-0.25, -0.2) is 13.2 Å². The molecule has 13 heteroatoms. The van der Waals surface area contributed by atoms with E-state index in [1.807, 2.05) is 6.92 Å². The van der Waals surface area contributed by atoms with Gasteiger partial charge in [-0.1, -0.05) is 13.0 Å². The van der Waals surface area contributed by atoms with Crippen LogP contribution in [0.1, 0.15) is 31.7 Å². The minimum atomic E-state index is -0.947. The van der Waals surface area contributed by atoms with E-state index in [4.69, 9.17) is 18.9 Å². The van der Waals surface area contributed by atoms with Crippen molar-refractivity contribution in [2.75, 3.05) is 64.8 Å². The Morgan fingerprint density at radius 3 is 2.85 bits per heavy atom. The predicted octanol–water partition coefficient (Wildman–Crippen LogP) is 5.03. The zero-order chi connectivity index (χ0) is 32.7. The molecule has 2 aromatic heterocycles. The Kier molecular flexibility index (Phi) is 8.62. The lowest BCUT2D eigenvalue weighted by Crippen LogP contribution is -2.43. The standard InChI is InChI=1S/C34H36F3N5O5/c1-3-24-27(36)6-5-20-11-23(47-19-44-2)12-25(28(20)24)30-29(37)31-26(14-38-30)32(41-9-10-45-17-22(43)16-41)40-33(39-31)46-18-34-7-4-8-42(34)15-21(35)13-34/h5-6,11-12,14,21H,3-4,7-10,13,15-19H2,1-2H3/t21-,34+/m1/s1. The number of hydrogen-bond donors (Lipinski definition) is 0. The fourth-order valence-electron chi connectivity index (χ4n) is 7.27. The number of nitrogens with zero attached hydrogens (tertiary/aromatic N) is 5. The fraction of sp³-hybridized carbons (Fsp3) is 0.471. The number of hydrogen-bond acceptors (Lipinski definition) is 10. The molecular weight excluding hydrogens is 615 g/mol. The Hall–Kier alpha value is -4.07. The van der Waals surface area contributed by atoms with E-state index < -0.39 is 23.3 Å². The molecule has 248 valence electrons. The van der Waals surface area contributed by atoms with E-state index in [-0.39, 0.29) is 67.4 Å². The zero-order valence-electron chi connectivity index (χ0n) is 26.4. The molecule has 0 radical (unpaired) electrons. The van der Waals surface area contributed by atoms with Gasteiger partial charge in [0.05, 0.1) is 24.1 Å². The average molecular weight is 652 g/mol. The highest BCUT2D eigenvalue weighted by molar-refractivity contribution is 6.02. The first-order valence-corrected chi connectivity index (χ1v) is 15.9. The van der Waals surface area contributed by atoms with E-state index in [9.17, 15) is 9.18 Å². The molecule has 4 aromatic rings. The number of pyridine rings is 1. The largest absolute Gasteiger partial charge is 0.468 e. The Morgan fingerprint density at radius 1 is 1.15 bits per heavy atom. The number of Topliss-reactive ketones (excluding diaryl/α,β-unsaturated/α-hetero) is 1. The van der Waals surface area contributed by atoms with E-state index >= 15 is 8.78 Å². The smallest absolute Gasteiger partial charge is 0.319 e. The number of aromatic nitrogens is 3. The van der Waals surface area contributed by atoms with Crippen LogP contribution < -0.4 is 14.4 Å². The Morgan fingerprint density at radius 2 is 2.02 bits per heavy atom. The lowest BCUT2D eigenvalue weighted by molar-refractivity contribution is -0.121. The molecule has 0 unspecified atom stereocenters. The summed E-state index contributed by atoms with van der Waals surface area (Å²) in [4.78, 5) is 30.1. The maximum atomic E-state index is 17.0. The number of alkyl halides is 1. The monoisotopic (exact) mass is 651 g/mol. The summed E-state index contributed by atoms with van der Waals surface area (Å²) in [6.45, 7) is 3.63. The number of ether oxygens (including phenoxy) is 4. The molecule has 2 atom stereocenters. The van der Waals surface area contributed by atoms with Crippen molar-refractivity contribution >= 4 is 33.3 Å². The van der Waals surface area contributed by atoms with Crippen LogP contribution in [-0.2, 0) is 20.7 Å². The highest BCUT2D eigenvalue weighted by Gasteiger charge is 2.49. The lowest BCUT2D eigenvalue weighted by Gasteiger charge is -2.31. The molecule has 7 rings (SSSR count). The molecule has 0 N–H and O–H groups in total. The third-order valence-electron chi connectivity index (χ3n) is 9.40. The molecule has 3 saturated heterocycles. The van der Waals surface area contributed by atoms with Gasteiger partial charge in [0.15, 0.2) is 18.4 Å². The third kappa shape index (κ3) is 5.85. The number of benzene rings is 2. The summed E-state index contributed by atoms with van der Waals surface area (Å²) in [6, 6.07) is 6.27. The SMILES string of the molecule is CCc1c(F)ccc2cc(OCOC)cc(-c3ncc4c(N5CCOCC(=O)C5)nc(OC[C@@]56CCCN5C[C@H](F)C6)nc4c3F)c12. The normalized spacial score (nSPS) is 21.9. The van der Waals surface area contributed by atoms with Gasteiger partial charge in [0.1, 0.15) is 48.0 Å². The first-order chi connectivity index (χ1) is 22.8. The molecule has 3 aliphatic rings. The summed E-state index contributed by atoms with van der Waals surface area (Å²) < 4.78 is 69.0. The van der Waals surface area contributed by atoms with Crippen LogP contribution in [0.4, 0.5) is 19.0 Å². The van der Waals surface area contributed by atoms with Gasteiger partial charge in [-0.3, -0.25) is 14.7 Å².